The van der Waals surface area contributed by atoms with E-state index >= 15 is 0 Å². The van der Waals surface area contributed by atoms with Gasteiger partial charge in [0.15, 0.2) is 10.1 Å². The zero-order valence-electron chi connectivity index (χ0n) is 13.9. The van der Waals surface area contributed by atoms with E-state index in [0.717, 1.165) is 10.0 Å². The van der Waals surface area contributed by atoms with Crippen LogP contribution in [0.25, 0.3) is 0 Å². The van der Waals surface area contributed by atoms with E-state index in [-0.39, 0.29) is 5.78 Å². The van der Waals surface area contributed by atoms with Crippen LogP contribution in [0, 0.1) is 6.92 Å². The number of Topliss-reactive ketones (excluding diaryl/α,β-unsaturated/α-hetero) is 1. The fourth-order valence-electron chi connectivity index (χ4n) is 2.16. The highest BCUT2D eigenvalue weighted by molar-refractivity contribution is 8.01. The first kappa shape index (κ1) is 17.4. The molecule has 0 aliphatic rings. The number of nitrogens with zero attached hydrogens (tertiary/aromatic N) is 2. The average molecular weight is 371 g/mol. The maximum Gasteiger partial charge on any atom is 0.210 e. The Kier molecular flexibility index (Phi) is 5.67. The van der Waals surface area contributed by atoms with Crippen LogP contribution in [0.1, 0.15) is 15.9 Å². The minimum atomic E-state index is 0.00527. The third kappa shape index (κ3) is 4.58. The van der Waals surface area contributed by atoms with Crippen molar-refractivity contribution in [2.75, 3.05) is 18.2 Å². The van der Waals surface area contributed by atoms with Crippen LogP contribution in [-0.4, -0.2) is 28.8 Å². The van der Waals surface area contributed by atoms with Crippen LogP contribution < -0.4 is 10.1 Å². The maximum absolute atomic E-state index is 12.4. The number of hydrogen-bond acceptors (Lipinski definition) is 7. The number of anilines is 2. The van der Waals surface area contributed by atoms with Gasteiger partial charge >= 0.3 is 0 Å². The predicted octanol–water partition coefficient (Wildman–Crippen LogP) is 4.57. The van der Waals surface area contributed by atoms with Crippen molar-refractivity contribution in [3.8, 4) is 5.75 Å². The Morgan fingerprint density at radius 3 is 2.68 bits per heavy atom. The Bertz CT molecular complexity index is 863. The van der Waals surface area contributed by atoms with Crippen molar-refractivity contribution in [3.05, 3.63) is 59.7 Å². The molecule has 5 nitrogen and oxygen atoms in total. The van der Waals surface area contributed by atoms with Crippen LogP contribution in [0.2, 0.25) is 0 Å². The van der Waals surface area contributed by atoms with E-state index in [2.05, 4.69) is 15.5 Å². The van der Waals surface area contributed by atoms with Crippen LogP contribution in [0.15, 0.2) is 52.9 Å². The largest absolute Gasteiger partial charge is 0.496 e. The molecule has 0 aliphatic carbocycles. The van der Waals surface area contributed by atoms with Crippen LogP contribution in [0.3, 0.4) is 0 Å². The summed E-state index contributed by atoms with van der Waals surface area (Å²) in [7, 11) is 1.56. The van der Waals surface area contributed by atoms with Gasteiger partial charge in [-0.15, -0.1) is 10.2 Å². The molecule has 3 rings (SSSR count). The smallest absolute Gasteiger partial charge is 0.210 e. The molecule has 0 spiro atoms. The van der Waals surface area contributed by atoms with Crippen molar-refractivity contribution in [1.82, 2.24) is 10.2 Å². The summed E-state index contributed by atoms with van der Waals surface area (Å²) < 4.78 is 5.98. The molecule has 0 radical (unpaired) electrons. The monoisotopic (exact) mass is 371 g/mol. The Morgan fingerprint density at radius 1 is 1.16 bits per heavy atom. The van der Waals surface area contributed by atoms with E-state index in [1.165, 1.54) is 28.7 Å². The van der Waals surface area contributed by atoms with E-state index in [4.69, 9.17) is 4.74 Å². The fourth-order valence-corrected chi connectivity index (χ4v) is 3.81. The first-order valence-electron chi connectivity index (χ1n) is 7.62. The van der Waals surface area contributed by atoms with Gasteiger partial charge in [-0.2, -0.15) is 0 Å². The Labute approximate surface area is 154 Å². The SMILES string of the molecule is COc1ccccc1C(=O)CSc1nnc(Nc2ccc(C)cc2)s1. The standard InChI is InChI=1S/C18H17N3O2S2/c1-12-7-9-13(10-8-12)19-17-20-21-18(25-17)24-11-15(22)14-5-3-4-6-16(14)23-2/h3-10H,11H2,1-2H3,(H,19,20). The lowest BCUT2D eigenvalue weighted by Crippen LogP contribution is -2.04. The fraction of sp³-hybridized carbons (Fsp3) is 0.167. The number of benzene rings is 2. The summed E-state index contributed by atoms with van der Waals surface area (Å²) >= 11 is 2.80. The van der Waals surface area contributed by atoms with Crippen molar-refractivity contribution in [2.24, 2.45) is 0 Å². The van der Waals surface area contributed by atoms with Gasteiger partial charge in [-0.05, 0) is 31.2 Å². The molecule has 0 fully saturated rings. The van der Waals surface area contributed by atoms with Crippen LogP contribution in [-0.2, 0) is 0 Å². The summed E-state index contributed by atoms with van der Waals surface area (Å²) in [5.41, 5.74) is 2.75. The topological polar surface area (TPSA) is 64.1 Å². The summed E-state index contributed by atoms with van der Waals surface area (Å²) in [5.74, 6) is 0.886. The molecule has 0 bridgehead atoms. The second-order valence-corrected chi connectivity index (χ2v) is 7.48. The first-order chi connectivity index (χ1) is 12.2. The van der Waals surface area contributed by atoms with E-state index in [1.54, 1.807) is 19.2 Å². The van der Waals surface area contributed by atoms with Crippen molar-refractivity contribution in [3.63, 3.8) is 0 Å². The highest BCUT2D eigenvalue weighted by Gasteiger charge is 2.13. The third-order valence-electron chi connectivity index (χ3n) is 3.44. The number of aryl methyl sites for hydroxylation is 1. The number of ketones is 1. The number of thioether (sulfide) groups is 1. The lowest BCUT2D eigenvalue weighted by Gasteiger charge is -2.05. The maximum atomic E-state index is 12.4. The van der Waals surface area contributed by atoms with Gasteiger partial charge in [0.2, 0.25) is 5.13 Å². The lowest BCUT2D eigenvalue weighted by molar-refractivity contribution is 0.101. The quantitative estimate of drug-likeness (QED) is 0.485. The normalized spacial score (nSPS) is 10.5. The number of ether oxygens (including phenoxy) is 1. The molecule has 7 heteroatoms. The third-order valence-corrected chi connectivity index (χ3v) is 5.42. The summed E-state index contributed by atoms with van der Waals surface area (Å²) in [6.45, 7) is 2.04. The number of hydrogen-bond donors (Lipinski definition) is 1. The van der Waals surface area contributed by atoms with Crippen molar-refractivity contribution < 1.29 is 9.53 Å². The van der Waals surface area contributed by atoms with Crippen LogP contribution >= 0.6 is 23.1 Å². The molecule has 128 valence electrons. The molecular formula is C18H17N3O2S2. The zero-order valence-corrected chi connectivity index (χ0v) is 15.5. The zero-order chi connectivity index (χ0) is 17.6. The van der Waals surface area contributed by atoms with Gasteiger partial charge in [-0.3, -0.25) is 4.79 Å². The van der Waals surface area contributed by atoms with Gasteiger partial charge in [0, 0.05) is 5.69 Å². The van der Waals surface area contributed by atoms with Crippen LogP contribution in [0.5, 0.6) is 5.75 Å². The Morgan fingerprint density at radius 2 is 1.92 bits per heavy atom. The van der Waals surface area contributed by atoms with Gasteiger partial charge < -0.3 is 10.1 Å². The summed E-state index contributed by atoms with van der Waals surface area (Å²) in [4.78, 5) is 12.4. The van der Waals surface area contributed by atoms with Crippen molar-refractivity contribution in [2.45, 2.75) is 11.3 Å². The van der Waals surface area contributed by atoms with Gasteiger partial charge in [0.1, 0.15) is 5.75 Å². The van der Waals surface area contributed by atoms with E-state index < -0.39 is 0 Å². The molecule has 0 aliphatic heterocycles. The molecule has 1 aromatic heterocycles. The van der Waals surface area contributed by atoms with Crippen molar-refractivity contribution in [1.29, 1.82) is 0 Å². The number of carbonyl (C=O) groups is 1. The van der Waals surface area contributed by atoms with E-state index in [9.17, 15) is 4.79 Å². The Hall–Kier alpha value is -2.38. The molecule has 0 saturated carbocycles. The molecule has 0 unspecified atom stereocenters. The first-order valence-corrected chi connectivity index (χ1v) is 9.42. The van der Waals surface area contributed by atoms with Gasteiger partial charge in [-0.25, -0.2) is 0 Å². The lowest BCUT2D eigenvalue weighted by atomic mass is 10.1. The number of carbonyl (C=O) groups excluding carboxylic acids is 1. The minimum Gasteiger partial charge on any atom is -0.496 e. The van der Waals surface area contributed by atoms with Crippen molar-refractivity contribution >= 4 is 39.7 Å². The van der Waals surface area contributed by atoms with Gasteiger partial charge in [0.05, 0.1) is 18.4 Å². The number of nitrogens with one attached hydrogen (secondary N) is 1. The number of methoxy groups -OCH3 is 1. The number of aromatic nitrogens is 2. The molecular weight excluding hydrogens is 354 g/mol. The summed E-state index contributed by atoms with van der Waals surface area (Å²) in [5, 5.41) is 12.2. The molecule has 2 aromatic carbocycles. The molecule has 0 saturated heterocycles. The predicted molar refractivity (Wildman–Crippen MR) is 102 cm³/mol. The number of para-hydroxylation sites is 1. The summed E-state index contributed by atoms with van der Waals surface area (Å²) in [6.07, 6.45) is 0. The van der Waals surface area contributed by atoms with Gasteiger partial charge in [-0.1, -0.05) is 52.9 Å². The van der Waals surface area contributed by atoms with Crippen LogP contribution in [0.4, 0.5) is 10.8 Å². The molecule has 25 heavy (non-hydrogen) atoms. The highest BCUT2D eigenvalue weighted by atomic mass is 32.2. The van der Waals surface area contributed by atoms with Gasteiger partial charge in [0.25, 0.3) is 0 Å². The highest BCUT2D eigenvalue weighted by Crippen LogP contribution is 2.29. The second kappa shape index (κ2) is 8.13. The average Bonchev–Trinajstić information content (AvgIpc) is 3.09. The van der Waals surface area contributed by atoms with E-state index in [1.807, 2.05) is 43.3 Å². The second-order valence-electron chi connectivity index (χ2n) is 5.28. The van der Waals surface area contributed by atoms with E-state index in [0.29, 0.717) is 22.2 Å². The molecule has 1 N–H and O–H groups in total. The Balaban J connectivity index is 1.60. The molecule has 0 atom stereocenters. The molecule has 3 aromatic rings. The number of rotatable bonds is 7. The molecule has 0 amide bonds. The summed E-state index contributed by atoms with van der Waals surface area (Å²) in [6, 6.07) is 15.3. The minimum absolute atomic E-state index is 0.00527. The molecule has 1 heterocycles.